The first-order valence-electron chi connectivity index (χ1n) is 5.21. The van der Waals surface area contributed by atoms with Crippen molar-refractivity contribution in [2.75, 3.05) is 0 Å². The van der Waals surface area contributed by atoms with E-state index in [2.05, 4.69) is 29.0 Å². The fourth-order valence-electron chi connectivity index (χ4n) is 1.82. The molecule has 0 radical (unpaired) electrons. The summed E-state index contributed by atoms with van der Waals surface area (Å²) >= 11 is 0. The summed E-state index contributed by atoms with van der Waals surface area (Å²) in [6.45, 7) is 10.3. The van der Waals surface area contributed by atoms with Crippen molar-refractivity contribution in [3.63, 3.8) is 0 Å². The SMILES string of the molecule is Cc1nc2c(C(C)C)c(C)nn2nc1C. The van der Waals surface area contributed by atoms with Crippen molar-refractivity contribution in [2.24, 2.45) is 0 Å². The molecule has 4 nitrogen and oxygen atoms in total. The molecule has 0 aliphatic rings. The molecule has 0 spiro atoms. The number of rotatable bonds is 1. The molecule has 80 valence electrons. The molecule has 0 saturated carbocycles. The summed E-state index contributed by atoms with van der Waals surface area (Å²) in [6.07, 6.45) is 0. The van der Waals surface area contributed by atoms with Crippen molar-refractivity contribution in [1.29, 1.82) is 0 Å². The van der Waals surface area contributed by atoms with E-state index in [9.17, 15) is 0 Å². The Kier molecular flexibility index (Phi) is 2.21. The summed E-state index contributed by atoms with van der Waals surface area (Å²) in [5.74, 6) is 0.430. The molecule has 0 aromatic carbocycles. The van der Waals surface area contributed by atoms with Crippen LogP contribution in [0.5, 0.6) is 0 Å². The van der Waals surface area contributed by atoms with Gasteiger partial charge in [-0.25, -0.2) is 4.98 Å². The van der Waals surface area contributed by atoms with E-state index < -0.39 is 0 Å². The molecule has 2 aromatic heterocycles. The zero-order valence-electron chi connectivity index (χ0n) is 9.87. The topological polar surface area (TPSA) is 43.1 Å². The van der Waals surface area contributed by atoms with Crippen LogP contribution in [-0.2, 0) is 0 Å². The number of fused-ring (bicyclic) bond motifs is 1. The van der Waals surface area contributed by atoms with Gasteiger partial charge < -0.3 is 0 Å². The van der Waals surface area contributed by atoms with Crippen LogP contribution in [-0.4, -0.2) is 19.8 Å². The third-order valence-electron chi connectivity index (χ3n) is 2.68. The zero-order chi connectivity index (χ0) is 11.2. The molecule has 15 heavy (non-hydrogen) atoms. The van der Waals surface area contributed by atoms with Gasteiger partial charge in [0.2, 0.25) is 0 Å². The lowest BCUT2D eigenvalue weighted by Gasteiger charge is -2.03. The molecule has 0 aliphatic carbocycles. The van der Waals surface area contributed by atoms with E-state index in [4.69, 9.17) is 0 Å². The third-order valence-corrected chi connectivity index (χ3v) is 2.68. The van der Waals surface area contributed by atoms with Gasteiger partial charge in [0.25, 0.3) is 0 Å². The molecular formula is C11H16N4. The van der Waals surface area contributed by atoms with Crippen LogP contribution in [0.3, 0.4) is 0 Å². The van der Waals surface area contributed by atoms with Crippen LogP contribution < -0.4 is 0 Å². The Hall–Kier alpha value is -1.45. The van der Waals surface area contributed by atoms with Crippen molar-refractivity contribution >= 4 is 5.65 Å². The van der Waals surface area contributed by atoms with Crippen molar-refractivity contribution in [1.82, 2.24) is 19.8 Å². The molecule has 4 heteroatoms. The second-order valence-electron chi connectivity index (χ2n) is 4.25. The highest BCUT2D eigenvalue weighted by molar-refractivity contribution is 5.51. The summed E-state index contributed by atoms with van der Waals surface area (Å²) in [5.41, 5.74) is 5.02. The maximum atomic E-state index is 4.56. The number of hydrogen-bond donors (Lipinski definition) is 0. The van der Waals surface area contributed by atoms with Gasteiger partial charge in [0.1, 0.15) is 0 Å². The second-order valence-corrected chi connectivity index (χ2v) is 4.25. The predicted molar refractivity (Wildman–Crippen MR) is 59.1 cm³/mol. The molecule has 0 N–H and O–H groups in total. The molecule has 0 aliphatic heterocycles. The monoisotopic (exact) mass is 204 g/mol. The third kappa shape index (κ3) is 1.50. The first kappa shape index (κ1) is 10.1. The summed E-state index contributed by atoms with van der Waals surface area (Å²) in [6, 6.07) is 0. The van der Waals surface area contributed by atoms with Crippen molar-refractivity contribution in [3.05, 3.63) is 22.6 Å². The highest BCUT2D eigenvalue weighted by Crippen LogP contribution is 2.22. The van der Waals surface area contributed by atoms with Crippen LogP contribution in [0.2, 0.25) is 0 Å². The summed E-state index contributed by atoms with van der Waals surface area (Å²) in [4.78, 5) is 4.56. The molecule has 0 unspecified atom stereocenters. The van der Waals surface area contributed by atoms with Crippen LogP contribution in [0.25, 0.3) is 5.65 Å². The highest BCUT2D eigenvalue weighted by atomic mass is 15.4. The van der Waals surface area contributed by atoms with Gasteiger partial charge in [-0.15, -0.1) is 4.63 Å². The Balaban J connectivity index is 2.81. The van der Waals surface area contributed by atoms with E-state index >= 15 is 0 Å². The van der Waals surface area contributed by atoms with Crippen LogP contribution >= 0.6 is 0 Å². The molecule has 2 rings (SSSR count). The second kappa shape index (κ2) is 3.29. The predicted octanol–water partition coefficient (Wildman–Crippen LogP) is 2.17. The van der Waals surface area contributed by atoms with Crippen molar-refractivity contribution in [2.45, 2.75) is 40.5 Å². The van der Waals surface area contributed by atoms with E-state index in [1.165, 1.54) is 5.56 Å². The minimum absolute atomic E-state index is 0.430. The van der Waals surface area contributed by atoms with E-state index in [0.29, 0.717) is 5.92 Å². The molecule has 0 amide bonds. The standard InChI is InChI=1S/C11H16N4/c1-6(2)10-9(5)14-15-11(10)12-7(3)8(4)13-15/h6H,1-5H3. The maximum Gasteiger partial charge on any atom is 0.179 e. The zero-order valence-corrected chi connectivity index (χ0v) is 9.87. The number of aryl methyl sites for hydroxylation is 3. The van der Waals surface area contributed by atoms with Gasteiger partial charge in [-0.3, -0.25) is 0 Å². The maximum absolute atomic E-state index is 4.56. The highest BCUT2D eigenvalue weighted by Gasteiger charge is 2.15. The van der Waals surface area contributed by atoms with Gasteiger partial charge in [0, 0.05) is 5.56 Å². The Morgan fingerprint density at radius 1 is 0.933 bits per heavy atom. The molecular weight excluding hydrogens is 188 g/mol. The summed E-state index contributed by atoms with van der Waals surface area (Å²) in [5, 5.41) is 8.76. The molecule has 0 bridgehead atoms. The smallest absolute Gasteiger partial charge is 0.179 e. The van der Waals surface area contributed by atoms with Gasteiger partial charge in [-0.2, -0.15) is 10.2 Å². The molecule has 2 heterocycles. The lowest BCUT2D eigenvalue weighted by atomic mass is 10.0. The van der Waals surface area contributed by atoms with Crippen LogP contribution in [0.4, 0.5) is 0 Å². The van der Waals surface area contributed by atoms with Crippen LogP contribution in [0.1, 0.15) is 42.4 Å². The Labute approximate surface area is 89.3 Å². The fourth-order valence-corrected chi connectivity index (χ4v) is 1.82. The van der Waals surface area contributed by atoms with E-state index in [1.54, 1.807) is 4.63 Å². The lowest BCUT2D eigenvalue weighted by Crippen LogP contribution is -2.02. The largest absolute Gasteiger partial charge is 0.230 e. The van der Waals surface area contributed by atoms with Gasteiger partial charge in [-0.1, -0.05) is 13.8 Å². The van der Waals surface area contributed by atoms with Gasteiger partial charge in [0.05, 0.1) is 17.1 Å². The van der Waals surface area contributed by atoms with Crippen LogP contribution in [0, 0.1) is 20.8 Å². The molecule has 2 aromatic rings. The fraction of sp³-hybridized carbons (Fsp3) is 0.545. The quantitative estimate of drug-likeness (QED) is 0.715. The van der Waals surface area contributed by atoms with Crippen molar-refractivity contribution < 1.29 is 0 Å². The van der Waals surface area contributed by atoms with E-state index in [-0.39, 0.29) is 0 Å². The minimum atomic E-state index is 0.430. The number of aromatic nitrogens is 4. The number of hydrogen-bond acceptors (Lipinski definition) is 3. The Morgan fingerprint density at radius 3 is 2.13 bits per heavy atom. The average Bonchev–Trinajstić information content (AvgIpc) is 2.41. The van der Waals surface area contributed by atoms with E-state index in [1.807, 2.05) is 20.8 Å². The Morgan fingerprint density at radius 2 is 1.53 bits per heavy atom. The first-order chi connectivity index (χ1) is 7.00. The Bertz CT molecular complexity index is 511. The van der Waals surface area contributed by atoms with Gasteiger partial charge >= 0.3 is 0 Å². The van der Waals surface area contributed by atoms with E-state index in [0.717, 1.165) is 22.7 Å². The summed E-state index contributed by atoms with van der Waals surface area (Å²) < 4.78 is 1.65. The van der Waals surface area contributed by atoms with Crippen LogP contribution in [0.15, 0.2) is 0 Å². The molecule has 0 fully saturated rings. The summed E-state index contributed by atoms with van der Waals surface area (Å²) in [7, 11) is 0. The average molecular weight is 204 g/mol. The molecule has 0 saturated heterocycles. The van der Waals surface area contributed by atoms with Gasteiger partial charge in [0.15, 0.2) is 5.65 Å². The first-order valence-corrected chi connectivity index (χ1v) is 5.21. The number of nitrogens with zero attached hydrogens (tertiary/aromatic N) is 4. The normalized spacial score (nSPS) is 11.6. The van der Waals surface area contributed by atoms with Gasteiger partial charge in [-0.05, 0) is 26.7 Å². The minimum Gasteiger partial charge on any atom is -0.230 e. The molecule has 0 atom stereocenters. The lowest BCUT2D eigenvalue weighted by molar-refractivity contribution is 0.745. The van der Waals surface area contributed by atoms with Crippen molar-refractivity contribution in [3.8, 4) is 0 Å².